The van der Waals surface area contributed by atoms with Crippen molar-refractivity contribution in [3.8, 4) is 0 Å². The van der Waals surface area contributed by atoms with E-state index >= 15 is 0 Å². The molecule has 2 rings (SSSR count). The zero-order valence-electron chi connectivity index (χ0n) is 8.02. The second kappa shape index (κ2) is 2.22. The lowest BCUT2D eigenvalue weighted by Crippen LogP contribution is -2.33. The molecule has 0 saturated heterocycles. The molecule has 0 aromatic rings. The van der Waals surface area contributed by atoms with Crippen LogP contribution in [0, 0.1) is 16.7 Å². The Morgan fingerprint density at radius 1 is 1.42 bits per heavy atom. The number of carbonyl (C=O) groups excluding carboxylic acids is 1. The van der Waals surface area contributed by atoms with E-state index < -0.39 is 0 Å². The average Bonchev–Trinajstić information content (AvgIpc) is 2.34. The van der Waals surface area contributed by atoms with E-state index in [1.807, 2.05) is 0 Å². The summed E-state index contributed by atoms with van der Waals surface area (Å²) in [6.45, 7) is 7.01. The molecule has 0 aromatic heterocycles. The molecule has 2 atom stereocenters. The summed E-state index contributed by atoms with van der Waals surface area (Å²) in [6, 6.07) is 0. The van der Waals surface area contributed by atoms with E-state index in [0.717, 1.165) is 12.3 Å². The highest BCUT2D eigenvalue weighted by molar-refractivity contribution is 7.50. The Balaban J connectivity index is 2.46. The third-order valence-electron chi connectivity index (χ3n) is 4.58. The van der Waals surface area contributed by atoms with Crippen molar-refractivity contribution in [2.24, 2.45) is 16.7 Å². The summed E-state index contributed by atoms with van der Waals surface area (Å²) in [5.41, 5.74) is 0.667. The van der Waals surface area contributed by atoms with Crippen molar-refractivity contribution in [2.45, 2.75) is 40.0 Å². The Labute approximate surface area is 79.9 Å². The minimum Gasteiger partial charge on any atom is -0.356 e. The molecule has 12 heavy (non-hydrogen) atoms. The van der Waals surface area contributed by atoms with Gasteiger partial charge in [-0.2, -0.15) is 0 Å². The van der Waals surface area contributed by atoms with Gasteiger partial charge in [-0.05, 0) is 31.1 Å². The Hall–Kier alpha value is -0.110. The normalized spacial score (nSPS) is 47.2. The van der Waals surface area contributed by atoms with Gasteiger partial charge in [0, 0.05) is 0 Å². The van der Waals surface area contributed by atoms with Crippen LogP contribution in [0.3, 0.4) is 0 Å². The van der Waals surface area contributed by atoms with Crippen LogP contribution >= 0.6 is 0 Å². The van der Waals surface area contributed by atoms with Crippen LogP contribution in [0.5, 0.6) is 0 Å². The molecule has 2 saturated carbocycles. The highest BCUT2D eigenvalue weighted by Crippen LogP contribution is 2.63. The number of hydrogen-bond acceptors (Lipinski definition) is 1. The smallest absolute Gasteiger partial charge is 0.283 e. The molecule has 0 aliphatic heterocycles. The molecule has 0 N–H and O–H groups in total. The number of ketones is 1. The zero-order valence-corrected chi connectivity index (χ0v) is 8.83. The molecule has 68 valence electrons. The van der Waals surface area contributed by atoms with E-state index in [1.165, 1.54) is 18.6 Å². The first kappa shape index (κ1) is 8.49. The van der Waals surface area contributed by atoms with Gasteiger partial charge in [-0.1, -0.05) is 13.8 Å². The van der Waals surface area contributed by atoms with Crippen molar-refractivity contribution in [3.05, 3.63) is 0 Å². The quantitative estimate of drug-likeness (QED) is 0.415. The lowest BCUT2D eigenvalue weighted by atomic mass is 9.70. The van der Waals surface area contributed by atoms with Crippen molar-refractivity contribution in [3.63, 3.8) is 0 Å². The van der Waals surface area contributed by atoms with Crippen LogP contribution in [0.4, 0.5) is 0 Å². The van der Waals surface area contributed by atoms with Crippen LogP contribution in [-0.2, 0) is 16.8 Å². The van der Waals surface area contributed by atoms with Crippen molar-refractivity contribution in [2.75, 3.05) is 0 Å². The first-order chi connectivity index (χ1) is 5.52. The highest BCUT2D eigenvalue weighted by Gasteiger charge is 2.64. The molecular formula is C10H16OS. The molecule has 2 unspecified atom stereocenters. The van der Waals surface area contributed by atoms with Gasteiger partial charge in [-0.25, -0.2) is 12.9 Å². The van der Waals surface area contributed by atoms with E-state index in [2.05, 4.69) is 20.8 Å². The maximum absolute atomic E-state index is 5.08. The molecule has 2 aliphatic rings. The van der Waals surface area contributed by atoms with Gasteiger partial charge in [0.05, 0.1) is 11.8 Å². The van der Waals surface area contributed by atoms with Gasteiger partial charge in [-0.15, -0.1) is 0 Å². The summed E-state index contributed by atoms with van der Waals surface area (Å²) in [5, 5.41) is 0. The second-order valence-electron chi connectivity index (χ2n) is 5.00. The third-order valence-corrected chi connectivity index (χ3v) is 4.78. The minimum absolute atomic E-state index is 0.263. The second-order valence-corrected chi connectivity index (χ2v) is 5.17. The molecule has 0 aromatic carbocycles. The third kappa shape index (κ3) is 0.723. The van der Waals surface area contributed by atoms with E-state index in [4.69, 9.17) is 16.8 Å². The van der Waals surface area contributed by atoms with Crippen molar-refractivity contribution >= 4 is 18.7 Å². The first-order valence-electron chi connectivity index (χ1n) is 4.68. The number of rotatable bonds is 0. The standard InChI is InChI=1S/C10H16OS/c1-9(2)7-4-5-10(9,3)8(6-7)11-12/h7H,4-6H2,1-3H3. The SMILES string of the molecule is CC12CCC(CC1=[O+][S-])C2(C)C. The summed E-state index contributed by atoms with van der Waals surface area (Å²) in [5.74, 6) is 1.97. The Morgan fingerprint density at radius 2 is 2.08 bits per heavy atom. The Bertz CT molecular complexity index is 244. The fourth-order valence-corrected chi connectivity index (χ4v) is 3.28. The summed E-state index contributed by atoms with van der Waals surface area (Å²) in [4.78, 5) is 0. The number of fused-ring (bicyclic) bond motifs is 2. The minimum atomic E-state index is 0.263. The number of hydrogen-bond donors (Lipinski definition) is 0. The van der Waals surface area contributed by atoms with Crippen LogP contribution in [0.2, 0.25) is 0 Å². The largest absolute Gasteiger partial charge is 0.356 e. The van der Waals surface area contributed by atoms with Crippen molar-refractivity contribution in [1.82, 2.24) is 0 Å². The Morgan fingerprint density at radius 3 is 2.33 bits per heavy atom. The molecular weight excluding hydrogens is 168 g/mol. The fourth-order valence-electron chi connectivity index (χ4n) is 3.03. The molecule has 2 bridgehead atoms. The summed E-state index contributed by atoms with van der Waals surface area (Å²) < 4.78 is 5.08. The van der Waals surface area contributed by atoms with Gasteiger partial charge in [0.2, 0.25) is 0 Å². The monoisotopic (exact) mass is 184 g/mol. The molecule has 2 heteroatoms. The topological polar surface area (TPSA) is 11.3 Å². The molecule has 0 heterocycles. The van der Waals surface area contributed by atoms with Gasteiger partial charge >= 0.3 is 0 Å². The van der Waals surface area contributed by atoms with Gasteiger partial charge in [0.15, 0.2) is 0 Å². The summed E-state index contributed by atoms with van der Waals surface area (Å²) in [7, 11) is 0. The predicted molar refractivity (Wildman–Crippen MR) is 51.6 cm³/mol. The average molecular weight is 184 g/mol. The van der Waals surface area contributed by atoms with Crippen molar-refractivity contribution in [1.29, 1.82) is 0 Å². The van der Waals surface area contributed by atoms with Crippen LogP contribution < -0.4 is 0 Å². The van der Waals surface area contributed by atoms with E-state index in [9.17, 15) is 0 Å². The molecule has 0 amide bonds. The first-order valence-corrected chi connectivity index (χ1v) is 5.02. The maximum atomic E-state index is 5.08. The molecule has 2 aliphatic carbocycles. The van der Waals surface area contributed by atoms with Gasteiger partial charge in [0.1, 0.15) is 0 Å². The molecule has 0 spiro atoms. The predicted octanol–water partition coefficient (Wildman–Crippen LogP) is 2.40. The lowest BCUT2D eigenvalue weighted by Gasteiger charge is -2.30. The molecule has 2 fully saturated rings. The molecule has 1 nitrogen and oxygen atoms in total. The Kier molecular flexibility index (Phi) is 1.57. The van der Waals surface area contributed by atoms with Gasteiger partial charge < -0.3 is 3.87 Å². The maximum Gasteiger partial charge on any atom is 0.283 e. The van der Waals surface area contributed by atoms with Gasteiger partial charge in [0.25, 0.3) is 5.78 Å². The van der Waals surface area contributed by atoms with Gasteiger partial charge in [-0.3, -0.25) is 0 Å². The van der Waals surface area contributed by atoms with Crippen LogP contribution in [0.25, 0.3) is 0 Å². The molecule has 0 radical (unpaired) electrons. The van der Waals surface area contributed by atoms with Crippen LogP contribution in [-0.4, -0.2) is 5.78 Å². The summed E-state index contributed by atoms with van der Waals surface area (Å²) in [6.07, 6.45) is 3.72. The van der Waals surface area contributed by atoms with Crippen LogP contribution in [0.15, 0.2) is 0 Å². The van der Waals surface area contributed by atoms with Crippen molar-refractivity contribution < 1.29 is 3.87 Å². The fraction of sp³-hybridized carbons (Fsp3) is 0.900. The highest BCUT2D eigenvalue weighted by atomic mass is 32.1. The zero-order chi connectivity index (χ0) is 8.98. The summed E-state index contributed by atoms with van der Waals surface area (Å²) >= 11 is 4.71. The lowest BCUT2D eigenvalue weighted by molar-refractivity contribution is -0.251. The van der Waals surface area contributed by atoms with E-state index in [1.54, 1.807) is 0 Å². The van der Waals surface area contributed by atoms with E-state index in [-0.39, 0.29) is 5.41 Å². The van der Waals surface area contributed by atoms with E-state index in [0.29, 0.717) is 5.41 Å². The van der Waals surface area contributed by atoms with Crippen LogP contribution in [0.1, 0.15) is 40.0 Å².